The molecule has 0 bridgehead atoms. The molecule has 0 saturated carbocycles. The first-order valence-corrected chi connectivity index (χ1v) is 9.84. The summed E-state index contributed by atoms with van der Waals surface area (Å²) in [5, 5.41) is 44.4. The molecular weight excluding hydrogens is 416 g/mol. The number of hydrogen-bond donors (Lipinski definition) is 4. The predicted octanol–water partition coefficient (Wildman–Crippen LogP) is 1.33. The van der Waals surface area contributed by atoms with Crippen molar-refractivity contribution in [2.24, 2.45) is 0 Å². The Balaban J connectivity index is 2.04. The van der Waals surface area contributed by atoms with Crippen LogP contribution in [0.3, 0.4) is 0 Å². The topological polar surface area (TPSA) is 126 Å². The smallest absolute Gasteiger partial charge is 0.239 e. The van der Waals surface area contributed by atoms with Crippen molar-refractivity contribution in [2.45, 2.75) is 83.7 Å². The minimum atomic E-state index is -3.35. The Labute approximate surface area is 202 Å². The Morgan fingerprint density at radius 2 is 1.88 bits per heavy atom. The molecule has 1 aromatic heterocycles. The van der Waals surface area contributed by atoms with E-state index in [9.17, 15) is 20.4 Å². The van der Waals surface area contributed by atoms with E-state index in [1.54, 1.807) is 0 Å². The highest BCUT2D eigenvalue weighted by atomic mass is 16.7. The zero-order chi connectivity index (χ0) is 32.2. The Bertz CT molecular complexity index is 1230. The lowest BCUT2D eigenvalue weighted by molar-refractivity contribution is -0.278. The fourth-order valence-corrected chi connectivity index (χ4v) is 3.28. The average Bonchev–Trinajstić information content (AvgIpc) is 3.20. The molecule has 2 heterocycles. The van der Waals surface area contributed by atoms with Crippen LogP contribution in [-0.4, -0.2) is 73.6 Å². The Hall–Kier alpha value is -2.17. The van der Waals surface area contributed by atoms with Gasteiger partial charge in [-0.05, 0) is 52.2 Å². The summed E-state index contributed by atoms with van der Waals surface area (Å²) in [5.41, 5.74) is -0.152. The summed E-state index contributed by atoms with van der Waals surface area (Å²) in [4.78, 5) is 0. The Morgan fingerprint density at radius 1 is 1.19 bits per heavy atom. The van der Waals surface area contributed by atoms with E-state index in [1.807, 2.05) is 0 Å². The summed E-state index contributed by atoms with van der Waals surface area (Å²) in [6.45, 7) is -3.02. The fourth-order valence-electron chi connectivity index (χ4n) is 3.28. The number of aromatic nitrogens is 2. The maximum atomic E-state index is 10.5. The molecular formula is C23H34N2O7. The summed E-state index contributed by atoms with van der Waals surface area (Å²) in [6.07, 6.45) is -14.0. The molecule has 32 heavy (non-hydrogen) atoms. The SMILES string of the molecule is [2H]C([2H])(c1ccc(OC([2H])(C([2H])([2H])[2H])C([2H])([2H])[2H])cc1)c1c(O[C@@H]2O[C@H](CO)[C@@H](O)[C@H](O)[C@H]2O)nn(C([2H])(C)C)c1C. The van der Waals surface area contributed by atoms with E-state index >= 15 is 0 Å². The fraction of sp³-hybridized carbons (Fsp3) is 0.609. The zero-order valence-electron chi connectivity index (χ0n) is 27.8. The van der Waals surface area contributed by atoms with Crippen LogP contribution in [0.5, 0.6) is 11.6 Å². The van der Waals surface area contributed by atoms with E-state index < -0.39 is 75.4 Å². The quantitative estimate of drug-likeness (QED) is 0.465. The molecule has 4 N–H and O–H groups in total. The van der Waals surface area contributed by atoms with Crippen molar-refractivity contribution < 1.29 is 48.3 Å². The van der Waals surface area contributed by atoms with Gasteiger partial charge in [-0.3, -0.25) is 4.68 Å². The summed E-state index contributed by atoms with van der Waals surface area (Å²) in [6, 6.07) is 3.12. The van der Waals surface area contributed by atoms with Crippen molar-refractivity contribution in [1.82, 2.24) is 9.78 Å². The van der Waals surface area contributed by atoms with Crippen LogP contribution >= 0.6 is 0 Å². The summed E-state index contributed by atoms with van der Waals surface area (Å²) < 4.78 is 96.7. The van der Waals surface area contributed by atoms with Crippen LogP contribution in [0.15, 0.2) is 24.3 Å². The van der Waals surface area contributed by atoms with E-state index in [4.69, 9.17) is 27.9 Å². The molecule has 1 fully saturated rings. The first-order valence-electron chi connectivity index (χ1n) is 14.8. The molecule has 0 aliphatic carbocycles. The van der Waals surface area contributed by atoms with Crippen molar-refractivity contribution >= 4 is 0 Å². The van der Waals surface area contributed by atoms with E-state index in [0.717, 1.165) is 16.8 Å². The lowest BCUT2D eigenvalue weighted by atomic mass is 9.99. The van der Waals surface area contributed by atoms with Crippen LogP contribution < -0.4 is 9.47 Å². The first-order chi connectivity index (χ1) is 19.0. The van der Waals surface area contributed by atoms with Gasteiger partial charge < -0.3 is 34.6 Å². The molecule has 9 heteroatoms. The van der Waals surface area contributed by atoms with Gasteiger partial charge in [-0.2, -0.15) is 0 Å². The van der Waals surface area contributed by atoms with Gasteiger partial charge in [-0.1, -0.05) is 12.1 Å². The highest BCUT2D eigenvalue weighted by Crippen LogP contribution is 2.31. The van der Waals surface area contributed by atoms with Crippen molar-refractivity contribution in [3.8, 4) is 11.6 Å². The van der Waals surface area contributed by atoms with Gasteiger partial charge in [-0.25, -0.2) is 0 Å². The van der Waals surface area contributed by atoms with Crippen LogP contribution in [0.4, 0.5) is 0 Å². The van der Waals surface area contributed by atoms with Crippen LogP contribution in [-0.2, 0) is 11.1 Å². The van der Waals surface area contributed by atoms with Gasteiger partial charge in [0.15, 0.2) is 0 Å². The van der Waals surface area contributed by atoms with Crippen molar-refractivity contribution in [3.63, 3.8) is 0 Å². The van der Waals surface area contributed by atoms with Gasteiger partial charge >= 0.3 is 0 Å². The van der Waals surface area contributed by atoms with E-state index in [1.165, 1.54) is 32.9 Å². The van der Waals surface area contributed by atoms with Crippen LogP contribution in [0.25, 0.3) is 0 Å². The number of benzene rings is 1. The Morgan fingerprint density at radius 3 is 2.47 bits per heavy atom. The third-order valence-corrected chi connectivity index (χ3v) is 4.93. The van der Waals surface area contributed by atoms with E-state index in [2.05, 4.69) is 5.10 Å². The normalized spacial score (nSPS) is 32.5. The lowest BCUT2D eigenvalue weighted by Crippen LogP contribution is -2.60. The van der Waals surface area contributed by atoms with Gasteiger partial charge in [0.2, 0.25) is 12.2 Å². The summed E-state index contributed by atoms with van der Waals surface area (Å²) in [7, 11) is 0. The average molecular weight is 461 g/mol. The maximum Gasteiger partial charge on any atom is 0.239 e. The minimum absolute atomic E-state index is 0.0720. The molecule has 178 valence electrons. The number of aliphatic hydroxyl groups excluding tert-OH is 4. The van der Waals surface area contributed by atoms with Gasteiger partial charge in [0.1, 0.15) is 30.2 Å². The van der Waals surface area contributed by atoms with Crippen LogP contribution in [0, 0.1) is 6.92 Å². The van der Waals surface area contributed by atoms with Gasteiger partial charge in [0, 0.05) is 34.6 Å². The molecule has 5 atom stereocenters. The second kappa shape index (κ2) is 10.2. The third kappa shape index (κ3) is 5.24. The largest absolute Gasteiger partial charge is 0.491 e. The maximum absolute atomic E-state index is 10.5. The number of ether oxygens (including phenoxy) is 3. The van der Waals surface area contributed by atoms with E-state index in [-0.39, 0.29) is 22.6 Å². The molecule has 0 amide bonds. The van der Waals surface area contributed by atoms with Crippen molar-refractivity contribution in [2.75, 3.05) is 6.61 Å². The highest BCUT2D eigenvalue weighted by molar-refractivity contribution is 5.38. The Kier molecular flexibility index (Phi) is 4.51. The molecule has 1 aliphatic rings. The molecule has 1 aromatic carbocycles. The molecule has 3 rings (SSSR count). The van der Waals surface area contributed by atoms with Gasteiger partial charge in [0.25, 0.3) is 0 Å². The molecule has 1 saturated heterocycles. The third-order valence-electron chi connectivity index (χ3n) is 4.93. The second-order valence-electron chi connectivity index (χ2n) is 7.52. The van der Waals surface area contributed by atoms with E-state index in [0.29, 0.717) is 0 Å². The summed E-state index contributed by atoms with van der Waals surface area (Å²) in [5.74, 6) is -0.758. The number of nitrogens with zero attached hydrogens (tertiary/aromatic N) is 2. The first kappa shape index (κ1) is 14.2. The van der Waals surface area contributed by atoms with Gasteiger partial charge in [-0.15, -0.1) is 5.10 Å². The van der Waals surface area contributed by atoms with Crippen LogP contribution in [0.2, 0.25) is 0 Å². The van der Waals surface area contributed by atoms with Crippen molar-refractivity contribution in [3.05, 3.63) is 41.1 Å². The molecule has 0 unspecified atom stereocenters. The predicted molar refractivity (Wildman–Crippen MR) is 117 cm³/mol. The standard InChI is InChI=1S/C23H34N2O7/c1-12(2)25-14(5)17(10-15-6-8-16(9-7-15)30-13(3)4)22(24-25)32-23-21(29)20(28)19(27)18(11-26)31-23/h6-9,12-13,18-21,23,26-29H,10-11H2,1-5H3/t18-,19-,20+,21-,23+/m1/s1/i3D3,4D3,10D2,12D,13D. The molecule has 1 aliphatic heterocycles. The monoisotopic (exact) mass is 460 g/mol. The molecule has 0 spiro atoms. The molecule has 9 nitrogen and oxygen atoms in total. The number of aliphatic hydroxyl groups is 4. The molecule has 0 radical (unpaired) electrons. The van der Waals surface area contributed by atoms with Crippen molar-refractivity contribution in [1.29, 1.82) is 0 Å². The lowest BCUT2D eigenvalue weighted by Gasteiger charge is -2.39. The van der Waals surface area contributed by atoms with Crippen LogP contribution in [0.1, 0.15) is 64.1 Å². The number of rotatable bonds is 8. The minimum Gasteiger partial charge on any atom is -0.491 e. The summed E-state index contributed by atoms with van der Waals surface area (Å²) >= 11 is 0. The van der Waals surface area contributed by atoms with Gasteiger partial charge in [0.05, 0.1) is 15.4 Å². The molecule has 2 aromatic rings. The zero-order valence-corrected chi connectivity index (χ0v) is 17.8. The highest BCUT2D eigenvalue weighted by Gasteiger charge is 2.45. The second-order valence-corrected chi connectivity index (χ2v) is 7.52. The number of hydrogen-bond acceptors (Lipinski definition) is 8.